The molecular weight excluding hydrogens is 362 g/mol. The lowest BCUT2D eigenvalue weighted by molar-refractivity contribution is 0.308. The standard InChI is InChI=1S/C14H13N7O4S/c15-13(12-14(16)21-25-20-12)19-18-7-9-3-6-11(24-9)8-1-4-10(5-2-8)26(17,22)23/h1-7H,(H2,15,19)(H2,16,21)(H2,17,22,23)/b18-7+. The van der Waals surface area contributed by atoms with Gasteiger partial charge in [0.1, 0.15) is 11.5 Å². The van der Waals surface area contributed by atoms with E-state index in [0.29, 0.717) is 17.1 Å². The van der Waals surface area contributed by atoms with E-state index in [1.54, 1.807) is 24.3 Å². The minimum Gasteiger partial charge on any atom is -0.455 e. The molecule has 0 radical (unpaired) electrons. The van der Waals surface area contributed by atoms with E-state index in [1.165, 1.54) is 18.3 Å². The van der Waals surface area contributed by atoms with Gasteiger partial charge >= 0.3 is 0 Å². The van der Waals surface area contributed by atoms with E-state index >= 15 is 0 Å². The molecule has 134 valence electrons. The maximum absolute atomic E-state index is 11.3. The first-order chi connectivity index (χ1) is 12.3. The number of nitrogens with zero attached hydrogens (tertiary/aromatic N) is 4. The number of nitrogen functional groups attached to an aromatic ring is 1. The zero-order valence-corrected chi connectivity index (χ0v) is 13.9. The predicted molar refractivity (Wildman–Crippen MR) is 92.5 cm³/mol. The van der Waals surface area contributed by atoms with E-state index in [1.807, 2.05) is 0 Å². The first-order valence-electron chi connectivity index (χ1n) is 7.02. The molecule has 12 heteroatoms. The summed E-state index contributed by atoms with van der Waals surface area (Å²) in [4.78, 5) is 0.0148. The third kappa shape index (κ3) is 3.76. The number of benzene rings is 1. The Morgan fingerprint density at radius 1 is 1.12 bits per heavy atom. The predicted octanol–water partition coefficient (Wildman–Crippen LogP) is 0.299. The van der Waals surface area contributed by atoms with Crippen LogP contribution in [0.3, 0.4) is 0 Å². The van der Waals surface area contributed by atoms with Gasteiger partial charge in [-0.3, -0.25) is 0 Å². The maximum atomic E-state index is 11.3. The molecule has 0 atom stereocenters. The third-order valence-electron chi connectivity index (χ3n) is 3.20. The quantitative estimate of drug-likeness (QED) is 0.322. The molecule has 1 aromatic carbocycles. The summed E-state index contributed by atoms with van der Waals surface area (Å²) in [7, 11) is -3.74. The van der Waals surface area contributed by atoms with Crippen molar-refractivity contribution in [3.8, 4) is 11.3 Å². The van der Waals surface area contributed by atoms with Crippen LogP contribution in [0.1, 0.15) is 11.5 Å². The third-order valence-corrected chi connectivity index (χ3v) is 4.13. The zero-order valence-electron chi connectivity index (χ0n) is 13.1. The summed E-state index contributed by atoms with van der Waals surface area (Å²) in [6.07, 6.45) is 1.33. The highest BCUT2D eigenvalue weighted by atomic mass is 32.2. The monoisotopic (exact) mass is 375 g/mol. The van der Waals surface area contributed by atoms with Gasteiger partial charge in [0.25, 0.3) is 0 Å². The van der Waals surface area contributed by atoms with Gasteiger partial charge in [-0.25, -0.2) is 18.2 Å². The second-order valence-electron chi connectivity index (χ2n) is 5.00. The number of hydrogen-bond donors (Lipinski definition) is 3. The van der Waals surface area contributed by atoms with Gasteiger partial charge in [-0.05, 0) is 46.7 Å². The second kappa shape index (κ2) is 6.78. The van der Waals surface area contributed by atoms with Crippen molar-refractivity contribution >= 4 is 27.9 Å². The SMILES string of the molecule is NC(=N/N=C/c1ccc(-c2ccc(S(N)(=O)=O)cc2)o1)c1nonc1N. The molecule has 2 heterocycles. The molecule has 26 heavy (non-hydrogen) atoms. The van der Waals surface area contributed by atoms with Crippen molar-refractivity contribution in [2.24, 2.45) is 21.1 Å². The van der Waals surface area contributed by atoms with Crippen LogP contribution >= 0.6 is 0 Å². The van der Waals surface area contributed by atoms with E-state index in [-0.39, 0.29) is 22.2 Å². The number of sulfonamides is 1. The number of rotatable bonds is 5. The summed E-state index contributed by atoms with van der Waals surface area (Å²) < 4.78 is 32.5. The van der Waals surface area contributed by atoms with Gasteiger partial charge in [0, 0.05) is 5.56 Å². The molecule has 2 aromatic heterocycles. The molecule has 0 saturated carbocycles. The fraction of sp³-hybridized carbons (Fsp3) is 0. The van der Waals surface area contributed by atoms with Crippen molar-refractivity contribution in [3.63, 3.8) is 0 Å². The summed E-state index contributed by atoms with van der Waals surface area (Å²) in [6, 6.07) is 9.29. The Bertz CT molecular complexity index is 1080. The van der Waals surface area contributed by atoms with Crippen LogP contribution in [-0.2, 0) is 10.0 Å². The maximum Gasteiger partial charge on any atom is 0.238 e. The lowest BCUT2D eigenvalue weighted by Crippen LogP contribution is -2.15. The summed E-state index contributed by atoms with van der Waals surface area (Å²) in [6.45, 7) is 0. The molecule has 11 nitrogen and oxygen atoms in total. The smallest absolute Gasteiger partial charge is 0.238 e. The topological polar surface area (TPSA) is 189 Å². The Morgan fingerprint density at radius 3 is 2.46 bits per heavy atom. The van der Waals surface area contributed by atoms with Crippen LogP contribution in [0, 0.1) is 0 Å². The molecule has 0 aliphatic carbocycles. The number of primary sulfonamides is 1. The number of amidine groups is 1. The highest BCUT2D eigenvalue weighted by Crippen LogP contribution is 2.23. The molecule has 6 N–H and O–H groups in total. The normalized spacial score (nSPS) is 12.7. The molecule has 3 rings (SSSR count). The van der Waals surface area contributed by atoms with Gasteiger partial charge in [0.05, 0.1) is 11.1 Å². The fourth-order valence-electron chi connectivity index (χ4n) is 1.95. The zero-order chi connectivity index (χ0) is 18.7. The van der Waals surface area contributed by atoms with E-state index in [9.17, 15) is 8.42 Å². The van der Waals surface area contributed by atoms with Crippen LogP contribution in [0.2, 0.25) is 0 Å². The van der Waals surface area contributed by atoms with E-state index in [0.717, 1.165) is 0 Å². The van der Waals surface area contributed by atoms with Crippen LogP contribution in [0.15, 0.2) is 60.5 Å². The van der Waals surface area contributed by atoms with Crippen LogP contribution in [0.5, 0.6) is 0 Å². The Hall–Kier alpha value is -3.51. The molecule has 0 unspecified atom stereocenters. The van der Waals surface area contributed by atoms with Crippen LogP contribution in [0.25, 0.3) is 11.3 Å². The number of hydrogen-bond acceptors (Lipinski definition) is 9. The second-order valence-corrected chi connectivity index (χ2v) is 6.56. The molecule has 0 aliphatic heterocycles. The van der Waals surface area contributed by atoms with Crippen molar-refractivity contribution in [2.45, 2.75) is 4.90 Å². The van der Waals surface area contributed by atoms with Crippen molar-refractivity contribution in [1.82, 2.24) is 10.3 Å². The molecule has 0 spiro atoms. The Kier molecular flexibility index (Phi) is 4.51. The minimum absolute atomic E-state index is 0.00433. The molecule has 3 aromatic rings. The van der Waals surface area contributed by atoms with Crippen LogP contribution in [-0.4, -0.2) is 30.8 Å². The first kappa shape index (κ1) is 17.3. The Labute approximate surface area is 147 Å². The number of anilines is 1. The van der Waals surface area contributed by atoms with E-state index in [2.05, 4.69) is 25.1 Å². The Morgan fingerprint density at radius 2 is 1.85 bits per heavy atom. The van der Waals surface area contributed by atoms with Crippen LogP contribution in [0.4, 0.5) is 5.82 Å². The number of nitrogens with two attached hydrogens (primary N) is 3. The highest BCUT2D eigenvalue weighted by molar-refractivity contribution is 7.89. The summed E-state index contributed by atoms with van der Waals surface area (Å²) in [5.74, 6) is 0.850. The molecule has 0 bridgehead atoms. The largest absolute Gasteiger partial charge is 0.455 e. The molecule has 0 amide bonds. The Balaban J connectivity index is 1.75. The van der Waals surface area contributed by atoms with Gasteiger partial charge in [-0.2, -0.15) is 5.10 Å². The van der Waals surface area contributed by atoms with Crippen molar-refractivity contribution in [1.29, 1.82) is 0 Å². The summed E-state index contributed by atoms with van der Waals surface area (Å²) in [5, 5.41) is 19.4. The van der Waals surface area contributed by atoms with E-state index in [4.69, 9.17) is 21.0 Å². The fourth-order valence-corrected chi connectivity index (χ4v) is 2.47. The highest BCUT2D eigenvalue weighted by Gasteiger charge is 2.11. The van der Waals surface area contributed by atoms with Gasteiger partial charge < -0.3 is 15.9 Å². The average molecular weight is 375 g/mol. The number of furan rings is 1. The summed E-state index contributed by atoms with van der Waals surface area (Å²) >= 11 is 0. The van der Waals surface area contributed by atoms with Gasteiger partial charge in [-0.15, -0.1) is 5.10 Å². The van der Waals surface area contributed by atoms with Crippen LogP contribution < -0.4 is 16.6 Å². The first-order valence-corrected chi connectivity index (χ1v) is 8.57. The molecular formula is C14H13N7O4S. The van der Waals surface area contributed by atoms with E-state index < -0.39 is 10.0 Å². The van der Waals surface area contributed by atoms with Crippen molar-refractivity contribution < 1.29 is 17.5 Å². The van der Waals surface area contributed by atoms with Gasteiger partial charge in [0.2, 0.25) is 10.0 Å². The average Bonchev–Trinajstić information content (AvgIpc) is 3.23. The molecule has 0 fully saturated rings. The number of aromatic nitrogens is 2. The minimum atomic E-state index is -3.74. The van der Waals surface area contributed by atoms with Gasteiger partial charge in [-0.1, -0.05) is 0 Å². The van der Waals surface area contributed by atoms with Crippen molar-refractivity contribution in [3.05, 3.63) is 47.9 Å². The molecule has 0 aliphatic rings. The van der Waals surface area contributed by atoms with Gasteiger partial charge in [0.15, 0.2) is 17.3 Å². The molecule has 0 saturated heterocycles. The lowest BCUT2D eigenvalue weighted by Gasteiger charge is -2.00. The lowest BCUT2D eigenvalue weighted by atomic mass is 10.2. The van der Waals surface area contributed by atoms with Crippen molar-refractivity contribution in [2.75, 3.05) is 5.73 Å². The summed E-state index contributed by atoms with van der Waals surface area (Å²) in [5.41, 5.74) is 11.9.